The number of carbonyl (C=O) groups excluding carboxylic acids is 4. The van der Waals surface area contributed by atoms with E-state index in [2.05, 4.69) is 0 Å². The first-order chi connectivity index (χ1) is 10.5. The third kappa shape index (κ3) is 2.65. The Morgan fingerprint density at radius 1 is 1.05 bits per heavy atom. The van der Waals surface area contributed by atoms with Crippen molar-refractivity contribution < 1.29 is 43.7 Å². The molecule has 0 saturated heterocycles. The van der Waals surface area contributed by atoms with Crippen molar-refractivity contribution in [1.82, 2.24) is 0 Å². The van der Waals surface area contributed by atoms with E-state index >= 15 is 0 Å². The Balaban J connectivity index is 6.40. The topological polar surface area (TPSA) is 149 Å². The molecule has 8 nitrogen and oxygen atoms in total. The summed E-state index contributed by atoms with van der Waals surface area (Å²) in [6, 6.07) is 0. The minimum absolute atomic E-state index is 1.09. The summed E-state index contributed by atoms with van der Waals surface area (Å²) < 4.78 is 20.6. The van der Waals surface area contributed by atoms with E-state index in [0.29, 0.717) is 0 Å². The lowest BCUT2D eigenvalue weighted by atomic mass is 9.72. The number of hydrogen-bond acceptors (Lipinski definition) is 8. The molecule has 20 heavy (non-hydrogen) atoms. The number of Topliss-reactive ketones (excluding diaryl/α,β-unsaturated/α-hetero) is 3. The van der Waals surface area contributed by atoms with Gasteiger partial charge in [-0.25, -0.2) is 0 Å². The Morgan fingerprint density at radius 2 is 1.55 bits per heavy atom. The molecule has 114 valence electrons. The summed E-state index contributed by atoms with van der Waals surface area (Å²) in [5, 5.41) is 37.8. The first-order valence-electron chi connectivity index (χ1n) is 7.06. The second kappa shape index (κ2) is 6.06. The van der Waals surface area contributed by atoms with Crippen LogP contribution in [0.3, 0.4) is 0 Å². The minimum Gasteiger partial charge on any atom is -0.386 e. The van der Waals surface area contributed by atoms with E-state index in [1.165, 1.54) is 0 Å². The third-order valence-electron chi connectivity index (χ3n) is 2.72. The molecule has 1 unspecified atom stereocenters. The van der Waals surface area contributed by atoms with Crippen LogP contribution >= 0.6 is 11.6 Å². The van der Waals surface area contributed by atoms with Gasteiger partial charge in [-0.1, -0.05) is 0 Å². The first kappa shape index (κ1) is 13.8. The predicted octanol–water partition coefficient (Wildman–Crippen LogP) is -2.30. The van der Waals surface area contributed by atoms with Crippen LogP contribution in [-0.2, 0) is 19.2 Å². The molecule has 0 amide bonds. The van der Waals surface area contributed by atoms with Crippen molar-refractivity contribution in [1.29, 1.82) is 0 Å². The molecule has 0 aliphatic heterocycles. The number of carbonyl (C=O) groups is 4. The zero-order chi connectivity index (χ0) is 18.6. The maximum Gasteiger partial charge on any atom is 0.264 e. The maximum atomic E-state index is 11.8. The van der Waals surface area contributed by atoms with Gasteiger partial charge in [0.2, 0.25) is 5.60 Å². The SMILES string of the molecule is [2H]CC(=O)C(O)[C@@H](O)[C@](O)(C(=O)C[2H])[C@@](O)(C(=O)Cl)C(=O)C[2H]. The molecule has 0 aromatic rings. The third-order valence-corrected chi connectivity index (χ3v) is 3.00. The quantitative estimate of drug-likeness (QED) is 0.303. The molecule has 0 radical (unpaired) electrons. The lowest BCUT2D eigenvalue weighted by Gasteiger charge is -2.41. The lowest BCUT2D eigenvalue weighted by molar-refractivity contribution is -0.211. The van der Waals surface area contributed by atoms with Gasteiger partial charge in [-0.15, -0.1) is 0 Å². The Bertz CT molecular complexity index is 516. The van der Waals surface area contributed by atoms with Crippen molar-refractivity contribution in [2.75, 3.05) is 0 Å². The smallest absolute Gasteiger partial charge is 0.264 e. The number of aliphatic hydroxyl groups excluding tert-OH is 2. The van der Waals surface area contributed by atoms with Crippen LogP contribution in [0.1, 0.15) is 24.8 Å². The minimum atomic E-state index is -3.86. The fraction of sp³-hybridized carbons (Fsp3) is 0.636. The molecule has 0 saturated carbocycles. The van der Waals surface area contributed by atoms with Crippen LogP contribution in [0, 0.1) is 0 Å². The van der Waals surface area contributed by atoms with Crippen LogP contribution < -0.4 is 0 Å². The molecule has 0 rings (SSSR count). The van der Waals surface area contributed by atoms with Gasteiger partial charge in [0, 0.05) is 4.11 Å². The Morgan fingerprint density at radius 3 is 1.90 bits per heavy atom. The van der Waals surface area contributed by atoms with Crippen LogP contribution in [0.5, 0.6) is 0 Å². The number of halogens is 1. The van der Waals surface area contributed by atoms with E-state index in [4.69, 9.17) is 15.7 Å². The molecular weight excluding hydrogens is 296 g/mol. The van der Waals surface area contributed by atoms with Crippen LogP contribution in [0.15, 0.2) is 0 Å². The molecule has 0 aliphatic rings. The number of rotatable bonds is 7. The highest BCUT2D eigenvalue weighted by Gasteiger charge is 2.66. The number of hydrogen-bond donors (Lipinski definition) is 4. The predicted molar refractivity (Wildman–Crippen MR) is 64.8 cm³/mol. The molecule has 9 heteroatoms. The van der Waals surface area contributed by atoms with E-state index in [0.717, 1.165) is 0 Å². The zero-order valence-electron chi connectivity index (χ0n) is 13.1. The summed E-state index contributed by atoms with van der Waals surface area (Å²) in [6.45, 7) is -3.81. The Kier molecular flexibility index (Phi) is 4.18. The highest BCUT2D eigenvalue weighted by molar-refractivity contribution is 6.68. The largest absolute Gasteiger partial charge is 0.386 e. The normalized spacial score (nSPS) is 22.1. The highest BCUT2D eigenvalue weighted by atomic mass is 35.5. The standard InChI is InChI=1S/C11H15ClO8/c1-4(13)7(16)8(17)10(19,5(2)14)11(20,6(3)15)9(12)18/h7-8,16-17,19-20H,1-3H3/t7?,8-,10-,11+/m1/s1/i1D,2D,3D. The number of ketones is 3. The second-order valence-electron chi connectivity index (χ2n) is 3.95. The van der Waals surface area contributed by atoms with E-state index in [1.807, 2.05) is 0 Å². The van der Waals surface area contributed by atoms with E-state index < -0.39 is 66.7 Å². The summed E-state index contributed by atoms with van der Waals surface area (Å²) in [5.41, 5.74) is -7.72. The molecule has 0 aliphatic carbocycles. The van der Waals surface area contributed by atoms with Crippen LogP contribution in [0.2, 0.25) is 0 Å². The van der Waals surface area contributed by atoms with Crippen LogP contribution in [-0.4, -0.2) is 66.4 Å². The van der Waals surface area contributed by atoms with Crippen molar-refractivity contribution in [2.45, 2.75) is 44.1 Å². The van der Waals surface area contributed by atoms with Gasteiger partial charge in [-0.05, 0) is 32.3 Å². The highest BCUT2D eigenvalue weighted by Crippen LogP contribution is 2.32. The average Bonchev–Trinajstić information content (AvgIpc) is 2.55. The first-order valence-corrected chi connectivity index (χ1v) is 5.32. The van der Waals surface area contributed by atoms with E-state index in [1.54, 1.807) is 0 Å². The van der Waals surface area contributed by atoms with Crippen LogP contribution in [0.25, 0.3) is 0 Å². The summed E-state index contributed by atoms with van der Waals surface area (Å²) in [4.78, 5) is 46.2. The van der Waals surface area contributed by atoms with Gasteiger partial charge >= 0.3 is 0 Å². The van der Waals surface area contributed by atoms with Crippen molar-refractivity contribution in [3.8, 4) is 0 Å². The van der Waals surface area contributed by atoms with Gasteiger partial charge < -0.3 is 20.4 Å². The molecule has 4 atom stereocenters. The molecule has 0 aromatic heterocycles. The Hall–Kier alpha value is -1.19. The van der Waals surface area contributed by atoms with Gasteiger partial charge in [-0.2, -0.15) is 0 Å². The molecular formula is C11H15ClO8. The van der Waals surface area contributed by atoms with Crippen molar-refractivity contribution in [3.63, 3.8) is 0 Å². The van der Waals surface area contributed by atoms with Gasteiger partial charge in [-0.3, -0.25) is 19.2 Å². The fourth-order valence-corrected chi connectivity index (χ4v) is 1.71. The monoisotopic (exact) mass is 313 g/mol. The molecule has 0 spiro atoms. The van der Waals surface area contributed by atoms with Gasteiger partial charge in [0.1, 0.15) is 12.2 Å². The van der Waals surface area contributed by atoms with E-state index in [9.17, 15) is 39.6 Å². The van der Waals surface area contributed by atoms with Crippen molar-refractivity contribution >= 4 is 34.2 Å². The van der Waals surface area contributed by atoms with Crippen molar-refractivity contribution in [3.05, 3.63) is 0 Å². The molecule has 0 bridgehead atoms. The maximum absolute atomic E-state index is 11.8. The molecule has 0 heterocycles. The summed E-state index contributed by atoms with van der Waals surface area (Å²) in [7, 11) is 0. The lowest BCUT2D eigenvalue weighted by Crippen LogP contribution is -2.73. The van der Waals surface area contributed by atoms with Gasteiger partial charge in [0.25, 0.3) is 5.24 Å². The zero-order valence-corrected chi connectivity index (χ0v) is 10.8. The van der Waals surface area contributed by atoms with Gasteiger partial charge in [0.05, 0.1) is 0 Å². The molecule has 4 N–H and O–H groups in total. The Labute approximate surface area is 123 Å². The average molecular weight is 314 g/mol. The van der Waals surface area contributed by atoms with Gasteiger partial charge in [0.15, 0.2) is 23.0 Å². The van der Waals surface area contributed by atoms with Crippen LogP contribution in [0.4, 0.5) is 0 Å². The van der Waals surface area contributed by atoms with E-state index in [-0.39, 0.29) is 0 Å². The summed E-state index contributed by atoms with van der Waals surface area (Å²) in [5.74, 6) is -5.01. The summed E-state index contributed by atoms with van der Waals surface area (Å²) >= 11 is 5.03. The number of aliphatic hydroxyl groups is 4. The van der Waals surface area contributed by atoms with Crippen molar-refractivity contribution in [2.24, 2.45) is 0 Å². The molecule has 0 fully saturated rings. The summed E-state index contributed by atoms with van der Waals surface area (Å²) in [6.07, 6.45) is -5.57. The fourth-order valence-electron chi connectivity index (χ4n) is 1.46. The second-order valence-corrected chi connectivity index (χ2v) is 4.30. The molecule has 0 aromatic carbocycles.